The molecule has 7 nitrogen and oxygen atoms in total. The molecular formula is C20H27N3O4. The molecule has 0 spiro atoms. The van der Waals surface area contributed by atoms with Gasteiger partial charge in [0.1, 0.15) is 11.8 Å². The van der Waals surface area contributed by atoms with Crippen molar-refractivity contribution in [2.45, 2.75) is 25.8 Å². The van der Waals surface area contributed by atoms with Gasteiger partial charge in [0.25, 0.3) is 5.91 Å². The minimum atomic E-state index is -0.669. The summed E-state index contributed by atoms with van der Waals surface area (Å²) in [7, 11) is 1.53. The van der Waals surface area contributed by atoms with Crippen molar-refractivity contribution in [3.05, 3.63) is 42.5 Å². The van der Waals surface area contributed by atoms with Gasteiger partial charge in [-0.25, -0.2) is 0 Å². The Balaban J connectivity index is 2.12. The Labute approximate surface area is 159 Å². The summed E-state index contributed by atoms with van der Waals surface area (Å²) in [5.41, 5.74) is 0.428. The molecule has 2 N–H and O–H groups in total. The number of rotatable bonds is 7. The standard InChI is InChI=1S/C20H27N3O4/c1-4-10-21-20(26)18(15-8-11-23(12-9-15)14(2)24)22-19(25)16-6-5-7-17(13-16)27-3/h4-7,13,15,18H,1,8-12H2,2-3H3,(H,21,26)(H,22,25). The highest BCUT2D eigenvalue weighted by Crippen LogP contribution is 2.22. The SMILES string of the molecule is C=CCNC(=O)C(NC(=O)c1cccc(OC)c1)C1CCN(C(C)=O)CC1. The zero-order valence-electron chi connectivity index (χ0n) is 15.9. The van der Waals surface area contributed by atoms with Crippen molar-refractivity contribution in [2.24, 2.45) is 5.92 Å². The van der Waals surface area contributed by atoms with Crippen molar-refractivity contribution < 1.29 is 19.1 Å². The van der Waals surface area contributed by atoms with Crippen LogP contribution in [0.4, 0.5) is 0 Å². The molecular weight excluding hydrogens is 346 g/mol. The molecule has 0 aliphatic carbocycles. The molecule has 0 bridgehead atoms. The molecule has 0 radical (unpaired) electrons. The van der Waals surface area contributed by atoms with E-state index in [1.54, 1.807) is 42.2 Å². The Morgan fingerprint density at radius 2 is 2.04 bits per heavy atom. The molecule has 1 atom stereocenters. The van der Waals surface area contributed by atoms with Gasteiger partial charge in [0.15, 0.2) is 0 Å². The maximum absolute atomic E-state index is 12.7. The van der Waals surface area contributed by atoms with E-state index < -0.39 is 6.04 Å². The van der Waals surface area contributed by atoms with Crippen molar-refractivity contribution in [3.8, 4) is 5.75 Å². The molecule has 1 aromatic rings. The van der Waals surface area contributed by atoms with Crippen molar-refractivity contribution in [1.29, 1.82) is 0 Å². The van der Waals surface area contributed by atoms with Crippen LogP contribution in [0.2, 0.25) is 0 Å². The maximum atomic E-state index is 12.7. The lowest BCUT2D eigenvalue weighted by Gasteiger charge is -2.35. The highest BCUT2D eigenvalue weighted by atomic mass is 16.5. The number of likely N-dealkylation sites (tertiary alicyclic amines) is 1. The van der Waals surface area contributed by atoms with Crippen LogP contribution in [0.1, 0.15) is 30.1 Å². The van der Waals surface area contributed by atoms with E-state index in [9.17, 15) is 14.4 Å². The summed E-state index contributed by atoms with van der Waals surface area (Å²) in [6, 6.07) is 6.12. The summed E-state index contributed by atoms with van der Waals surface area (Å²) in [4.78, 5) is 38.6. The lowest BCUT2D eigenvalue weighted by atomic mass is 9.88. The van der Waals surface area contributed by atoms with Crippen LogP contribution in [0.15, 0.2) is 36.9 Å². The van der Waals surface area contributed by atoms with E-state index >= 15 is 0 Å². The number of benzene rings is 1. The summed E-state index contributed by atoms with van der Waals surface area (Å²) in [5.74, 6) is -0.0133. The zero-order valence-corrected chi connectivity index (χ0v) is 15.9. The molecule has 0 aromatic heterocycles. The number of hydrogen-bond donors (Lipinski definition) is 2. The Hall–Kier alpha value is -2.83. The van der Waals surface area contributed by atoms with Crippen LogP contribution in [0.25, 0.3) is 0 Å². The lowest BCUT2D eigenvalue weighted by Crippen LogP contribution is -2.53. The second-order valence-electron chi connectivity index (χ2n) is 6.56. The van der Waals surface area contributed by atoms with Crippen LogP contribution in [0.3, 0.4) is 0 Å². The van der Waals surface area contributed by atoms with Gasteiger partial charge in [-0.1, -0.05) is 12.1 Å². The number of carbonyl (C=O) groups excluding carboxylic acids is 3. The first-order valence-electron chi connectivity index (χ1n) is 9.05. The molecule has 146 valence electrons. The number of ether oxygens (including phenoxy) is 1. The largest absolute Gasteiger partial charge is 0.497 e. The molecule has 1 saturated heterocycles. The van der Waals surface area contributed by atoms with Crippen LogP contribution in [-0.4, -0.2) is 55.4 Å². The van der Waals surface area contributed by atoms with Gasteiger partial charge in [0, 0.05) is 32.1 Å². The van der Waals surface area contributed by atoms with Gasteiger partial charge < -0.3 is 20.3 Å². The van der Waals surface area contributed by atoms with E-state index in [-0.39, 0.29) is 23.6 Å². The second-order valence-corrected chi connectivity index (χ2v) is 6.56. The van der Waals surface area contributed by atoms with E-state index in [2.05, 4.69) is 17.2 Å². The Morgan fingerprint density at radius 1 is 1.33 bits per heavy atom. The third-order valence-corrected chi connectivity index (χ3v) is 4.78. The Morgan fingerprint density at radius 3 is 2.63 bits per heavy atom. The summed E-state index contributed by atoms with van der Waals surface area (Å²) < 4.78 is 5.15. The van der Waals surface area contributed by atoms with Gasteiger partial charge in [-0.3, -0.25) is 14.4 Å². The highest BCUT2D eigenvalue weighted by molar-refractivity contribution is 5.98. The second kappa shape index (κ2) is 9.75. The molecule has 1 fully saturated rings. The molecule has 1 aliphatic heterocycles. The van der Waals surface area contributed by atoms with Crippen LogP contribution in [0, 0.1) is 5.92 Å². The third kappa shape index (κ3) is 5.57. The summed E-state index contributed by atoms with van der Waals surface area (Å²) >= 11 is 0. The van der Waals surface area contributed by atoms with Crippen molar-refractivity contribution in [3.63, 3.8) is 0 Å². The summed E-state index contributed by atoms with van der Waals surface area (Å²) in [6.45, 7) is 6.64. The average Bonchev–Trinajstić information content (AvgIpc) is 2.70. The Kier molecular flexibility index (Phi) is 7.40. The quantitative estimate of drug-likeness (QED) is 0.707. The number of piperidine rings is 1. The Bertz CT molecular complexity index is 696. The third-order valence-electron chi connectivity index (χ3n) is 4.78. The van der Waals surface area contributed by atoms with Gasteiger partial charge >= 0.3 is 0 Å². The van der Waals surface area contributed by atoms with Gasteiger partial charge in [-0.2, -0.15) is 0 Å². The molecule has 3 amide bonds. The fraction of sp³-hybridized carbons (Fsp3) is 0.450. The van der Waals surface area contributed by atoms with Crippen LogP contribution in [0.5, 0.6) is 5.75 Å². The van der Waals surface area contributed by atoms with E-state index in [0.717, 1.165) is 0 Å². The predicted molar refractivity (Wildman–Crippen MR) is 102 cm³/mol. The van der Waals surface area contributed by atoms with Gasteiger partial charge in [0.2, 0.25) is 11.8 Å². The molecule has 1 heterocycles. The molecule has 1 unspecified atom stereocenters. The molecule has 27 heavy (non-hydrogen) atoms. The number of carbonyl (C=O) groups is 3. The minimum Gasteiger partial charge on any atom is -0.497 e. The van der Waals surface area contributed by atoms with E-state index in [1.165, 1.54) is 7.11 Å². The summed E-state index contributed by atoms with van der Waals surface area (Å²) in [5, 5.41) is 5.63. The molecule has 1 aliphatic rings. The first-order valence-corrected chi connectivity index (χ1v) is 9.05. The van der Waals surface area contributed by atoms with Gasteiger partial charge in [-0.15, -0.1) is 6.58 Å². The zero-order chi connectivity index (χ0) is 19.8. The fourth-order valence-corrected chi connectivity index (χ4v) is 3.22. The minimum absolute atomic E-state index is 0.0292. The molecule has 0 saturated carbocycles. The maximum Gasteiger partial charge on any atom is 0.252 e. The van der Waals surface area contributed by atoms with Gasteiger partial charge in [-0.05, 0) is 37.0 Å². The summed E-state index contributed by atoms with van der Waals surface area (Å²) in [6.07, 6.45) is 2.91. The van der Waals surface area contributed by atoms with Crippen molar-refractivity contribution in [1.82, 2.24) is 15.5 Å². The number of methoxy groups -OCH3 is 1. The van der Waals surface area contributed by atoms with Crippen LogP contribution < -0.4 is 15.4 Å². The fourth-order valence-electron chi connectivity index (χ4n) is 3.22. The molecule has 2 rings (SSSR count). The monoisotopic (exact) mass is 373 g/mol. The van der Waals surface area contributed by atoms with E-state index in [0.29, 0.717) is 43.8 Å². The number of nitrogens with one attached hydrogen (secondary N) is 2. The first-order chi connectivity index (χ1) is 13.0. The number of nitrogens with zero attached hydrogens (tertiary/aromatic N) is 1. The smallest absolute Gasteiger partial charge is 0.252 e. The van der Waals surface area contributed by atoms with Crippen LogP contribution >= 0.6 is 0 Å². The van der Waals surface area contributed by atoms with Crippen molar-refractivity contribution >= 4 is 17.7 Å². The normalized spacial score (nSPS) is 15.6. The average molecular weight is 373 g/mol. The molecule has 7 heteroatoms. The topological polar surface area (TPSA) is 87.7 Å². The number of amides is 3. The van der Waals surface area contributed by atoms with Gasteiger partial charge in [0.05, 0.1) is 7.11 Å². The predicted octanol–water partition coefficient (Wildman–Crippen LogP) is 1.35. The van der Waals surface area contributed by atoms with Crippen LogP contribution in [-0.2, 0) is 9.59 Å². The number of hydrogen-bond acceptors (Lipinski definition) is 4. The first kappa shape index (κ1) is 20.5. The lowest BCUT2D eigenvalue weighted by molar-refractivity contribution is -0.130. The molecule has 1 aromatic carbocycles. The van der Waals surface area contributed by atoms with E-state index in [4.69, 9.17) is 4.74 Å². The van der Waals surface area contributed by atoms with E-state index in [1.807, 2.05) is 0 Å². The highest BCUT2D eigenvalue weighted by Gasteiger charge is 2.33. The van der Waals surface area contributed by atoms with Crippen molar-refractivity contribution in [2.75, 3.05) is 26.7 Å².